The van der Waals surface area contributed by atoms with E-state index in [0.29, 0.717) is 22.9 Å². The van der Waals surface area contributed by atoms with Gasteiger partial charge in [0.1, 0.15) is 0 Å². The van der Waals surface area contributed by atoms with E-state index in [1.54, 1.807) is 18.2 Å². The summed E-state index contributed by atoms with van der Waals surface area (Å²) in [6.45, 7) is 4.27. The van der Waals surface area contributed by atoms with Crippen LogP contribution in [-0.4, -0.2) is 18.6 Å². The van der Waals surface area contributed by atoms with Gasteiger partial charge in [-0.1, -0.05) is 6.07 Å². The maximum Gasteiger partial charge on any atom is 0.340 e. The molecule has 4 heteroatoms. The fourth-order valence-electron chi connectivity index (χ4n) is 2.22. The van der Waals surface area contributed by atoms with Crippen molar-refractivity contribution in [3.05, 3.63) is 23.8 Å². The third-order valence-corrected chi connectivity index (χ3v) is 3.55. The lowest BCUT2D eigenvalue weighted by atomic mass is 9.97. The molecule has 98 valence electrons. The van der Waals surface area contributed by atoms with E-state index in [0.717, 1.165) is 0 Å². The highest BCUT2D eigenvalue weighted by Gasteiger charge is 2.38. The lowest BCUT2D eigenvalue weighted by Gasteiger charge is -2.29. The van der Waals surface area contributed by atoms with Crippen LogP contribution in [0.4, 0.5) is 11.4 Å². The van der Waals surface area contributed by atoms with Crippen molar-refractivity contribution in [2.75, 3.05) is 18.2 Å². The number of para-hydroxylation sites is 1. The molecule has 0 spiro atoms. The molecule has 0 bridgehead atoms. The van der Waals surface area contributed by atoms with Crippen LogP contribution in [0.1, 0.15) is 37.0 Å². The van der Waals surface area contributed by atoms with Gasteiger partial charge >= 0.3 is 5.97 Å². The number of carbonyl (C=O) groups excluding carboxylic acids is 1. The number of carbonyl (C=O) groups is 1. The molecule has 3 N–H and O–H groups in total. The molecule has 0 saturated heterocycles. The van der Waals surface area contributed by atoms with Crippen molar-refractivity contribution in [1.82, 2.24) is 0 Å². The number of anilines is 2. The van der Waals surface area contributed by atoms with E-state index in [2.05, 4.69) is 19.2 Å². The topological polar surface area (TPSA) is 64.3 Å². The van der Waals surface area contributed by atoms with Crippen molar-refractivity contribution in [2.45, 2.75) is 32.2 Å². The maximum atomic E-state index is 11.7. The monoisotopic (exact) mass is 248 g/mol. The minimum Gasteiger partial charge on any atom is -0.465 e. The van der Waals surface area contributed by atoms with E-state index in [1.807, 2.05) is 0 Å². The number of nitrogen functional groups attached to an aromatic ring is 1. The Morgan fingerprint density at radius 3 is 2.67 bits per heavy atom. The van der Waals surface area contributed by atoms with Crippen LogP contribution < -0.4 is 11.1 Å². The van der Waals surface area contributed by atoms with E-state index < -0.39 is 0 Å². The van der Waals surface area contributed by atoms with Crippen molar-refractivity contribution in [3.8, 4) is 0 Å². The van der Waals surface area contributed by atoms with Crippen LogP contribution in [-0.2, 0) is 4.74 Å². The van der Waals surface area contributed by atoms with Crippen LogP contribution >= 0.6 is 0 Å². The van der Waals surface area contributed by atoms with Gasteiger partial charge < -0.3 is 15.8 Å². The molecule has 1 aliphatic carbocycles. The Bertz CT molecular complexity index is 465. The zero-order valence-corrected chi connectivity index (χ0v) is 11.1. The summed E-state index contributed by atoms with van der Waals surface area (Å²) in [6, 6.07) is 5.28. The Hall–Kier alpha value is -1.71. The Morgan fingerprint density at radius 1 is 1.44 bits per heavy atom. The first-order valence-corrected chi connectivity index (χ1v) is 6.20. The molecule has 0 radical (unpaired) electrons. The van der Waals surface area contributed by atoms with Crippen LogP contribution in [0.5, 0.6) is 0 Å². The van der Waals surface area contributed by atoms with Gasteiger partial charge in [0.05, 0.1) is 24.0 Å². The number of rotatable bonds is 4. The fraction of sp³-hybridized carbons (Fsp3) is 0.500. The average Bonchev–Trinajstić information content (AvgIpc) is 3.15. The number of ether oxygens (including phenoxy) is 1. The number of nitrogens with one attached hydrogen (secondary N) is 1. The smallest absolute Gasteiger partial charge is 0.340 e. The Kier molecular flexibility index (Phi) is 3.20. The van der Waals surface area contributed by atoms with Crippen molar-refractivity contribution in [3.63, 3.8) is 0 Å². The molecule has 1 saturated carbocycles. The van der Waals surface area contributed by atoms with Gasteiger partial charge in [0.15, 0.2) is 0 Å². The van der Waals surface area contributed by atoms with Gasteiger partial charge in [-0.2, -0.15) is 0 Å². The number of benzene rings is 1. The molecule has 4 nitrogen and oxygen atoms in total. The number of nitrogens with two attached hydrogens (primary N) is 1. The molecule has 1 aromatic carbocycles. The van der Waals surface area contributed by atoms with Gasteiger partial charge in [0.2, 0.25) is 0 Å². The predicted octanol–water partition coefficient (Wildman–Crippen LogP) is 2.66. The van der Waals surface area contributed by atoms with Gasteiger partial charge in [-0.05, 0) is 44.7 Å². The first-order valence-electron chi connectivity index (χ1n) is 6.20. The largest absolute Gasteiger partial charge is 0.465 e. The van der Waals surface area contributed by atoms with Crippen molar-refractivity contribution >= 4 is 17.3 Å². The molecule has 18 heavy (non-hydrogen) atoms. The number of esters is 1. The summed E-state index contributed by atoms with van der Waals surface area (Å²) >= 11 is 0. The lowest BCUT2D eigenvalue weighted by Crippen LogP contribution is -2.34. The first-order chi connectivity index (χ1) is 8.45. The number of hydrogen-bond donors (Lipinski definition) is 2. The summed E-state index contributed by atoms with van der Waals surface area (Å²) in [4.78, 5) is 11.7. The third kappa shape index (κ3) is 2.42. The molecule has 2 rings (SSSR count). The Labute approximate surface area is 108 Å². The second-order valence-corrected chi connectivity index (χ2v) is 5.38. The standard InChI is InChI=1S/C14H20N2O2/c1-14(2,9-7-8-9)16-12-10(13(17)18-3)5-4-6-11(12)15/h4-6,9,16H,7-8,15H2,1-3H3. The molecule has 1 aliphatic rings. The maximum absolute atomic E-state index is 11.7. The molecule has 0 unspecified atom stereocenters. The van der Waals surface area contributed by atoms with Crippen LogP contribution in [0.15, 0.2) is 18.2 Å². The fourth-order valence-corrected chi connectivity index (χ4v) is 2.22. The molecule has 0 atom stereocenters. The van der Waals surface area contributed by atoms with Crippen LogP contribution in [0, 0.1) is 5.92 Å². The molecule has 0 amide bonds. The van der Waals surface area contributed by atoms with Crippen LogP contribution in [0.3, 0.4) is 0 Å². The second-order valence-electron chi connectivity index (χ2n) is 5.38. The summed E-state index contributed by atoms with van der Waals surface area (Å²) in [5, 5.41) is 3.41. The van der Waals surface area contributed by atoms with Crippen molar-refractivity contribution in [1.29, 1.82) is 0 Å². The minimum absolute atomic E-state index is 0.0573. The highest BCUT2D eigenvalue weighted by Crippen LogP contribution is 2.42. The highest BCUT2D eigenvalue weighted by atomic mass is 16.5. The summed E-state index contributed by atoms with van der Waals surface area (Å²) in [6.07, 6.45) is 2.45. The van der Waals surface area contributed by atoms with E-state index >= 15 is 0 Å². The van der Waals surface area contributed by atoms with Gasteiger partial charge in [0.25, 0.3) is 0 Å². The summed E-state index contributed by atoms with van der Waals surface area (Å²) in [5.74, 6) is 0.277. The van der Waals surface area contributed by atoms with E-state index in [1.165, 1.54) is 20.0 Å². The van der Waals surface area contributed by atoms with Gasteiger partial charge in [-0.25, -0.2) is 4.79 Å². The number of methoxy groups -OCH3 is 1. The summed E-state index contributed by atoms with van der Waals surface area (Å²) < 4.78 is 4.79. The quantitative estimate of drug-likeness (QED) is 0.635. The molecule has 1 fully saturated rings. The second kappa shape index (κ2) is 4.52. The summed E-state index contributed by atoms with van der Waals surface area (Å²) in [5.41, 5.74) is 7.66. The lowest BCUT2D eigenvalue weighted by molar-refractivity contribution is 0.0602. The molecule has 0 heterocycles. The molecular weight excluding hydrogens is 228 g/mol. The first kappa shape index (κ1) is 12.7. The van der Waals surface area contributed by atoms with E-state index in [4.69, 9.17) is 10.5 Å². The van der Waals surface area contributed by atoms with Crippen molar-refractivity contribution in [2.24, 2.45) is 5.92 Å². The zero-order chi connectivity index (χ0) is 13.3. The summed E-state index contributed by atoms with van der Waals surface area (Å²) in [7, 11) is 1.38. The molecule has 0 aromatic heterocycles. The average molecular weight is 248 g/mol. The van der Waals surface area contributed by atoms with Crippen molar-refractivity contribution < 1.29 is 9.53 Å². The Balaban J connectivity index is 2.33. The van der Waals surface area contributed by atoms with E-state index in [-0.39, 0.29) is 11.5 Å². The Morgan fingerprint density at radius 2 is 2.11 bits per heavy atom. The molecule has 1 aromatic rings. The zero-order valence-electron chi connectivity index (χ0n) is 11.1. The third-order valence-electron chi connectivity index (χ3n) is 3.55. The van der Waals surface area contributed by atoms with Gasteiger partial charge in [-0.15, -0.1) is 0 Å². The van der Waals surface area contributed by atoms with Gasteiger partial charge in [-0.3, -0.25) is 0 Å². The van der Waals surface area contributed by atoms with Gasteiger partial charge in [0, 0.05) is 5.54 Å². The SMILES string of the molecule is COC(=O)c1cccc(N)c1NC(C)(C)C1CC1. The normalized spacial score (nSPS) is 15.3. The van der Waals surface area contributed by atoms with Crippen LogP contribution in [0.25, 0.3) is 0 Å². The minimum atomic E-state index is -0.364. The predicted molar refractivity (Wildman–Crippen MR) is 72.6 cm³/mol. The molecular formula is C14H20N2O2. The van der Waals surface area contributed by atoms with E-state index in [9.17, 15) is 4.79 Å². The highest BCUT2D eigenvalue weighted by molar-refractivity contribution is 5.98. The number of hydrogen-bond acceptors (Lipinski definition) is 4. The van der Waals surface area contributed by atoms with Crippen LogP contribution in [0.2, 0.25) is 0 Å². The molecule has 0 aliphatic heterocycles.